The van der Waals surface area contributed by atoms with E-state index >= 15 is 0 Å². The molecule has 2 aromatic rings. The van der Waals surface area contributed by atoms with E-state index in [1.165, 1.54) is 5.56 Å². The average molecular weight is 293 g/mol. The van der Waals surface area contributed by atoms with E-state index < -0.39 is 0 Å². The Balaban J connectivity index is 2.06. The second-order valence-corrected chi connectivity index (χ2v) is 5.30. The molecule has 2 aromatic carbocycles. The normalized spacial score (nSPS) is 11.4. The van der Waals surface area contributed by atoms with Crippen molar-refractivity contribution in [3.8, 4) is 6.07 Å². The molecule has 4 nitrogen and oxygen atoms in total. The molecule has 112 valence electrons. The van der Waals surface area contributed by atoms with Crippen LogP contribution in [0, 0.1) is 25.2 Å². The van der Waals surface area contributed by atoms with Crippen LogP contribution in [0.3, 0.4) is 0 Å². The molecule has 0 aliphatic rings. The quantitative estimate of drug-likeness (QED) is 0.905. The smallest absolute Gasteiger partial charge is 0.246 e. The number of hydrogen-bond donors (Lipinski definition) is 2. The van der Waals surface area contributed by atoms with E-state index in [4.69, 9.17) is 5.26 Å². The summed E-state index contributed by atoms with van der Waals surface area (Å²) in [4.78, 5) is 12.3. The van der Waals surface area contributed by atoms with Crippen LogP contribution < -0.4 is 10.6 Å². The second kappa shape index (κ2) is 6.77. The van der Waals surface area contributed by atoms with Crippen LogP contribution >= 0.6 is 0 Å². The Morgan fingerprint density at radius 1 is 1.18 bits per heavy atom. The average Bonchev–Trinajstić information content (AvgIpc) is 2.52. The van der Waals surface area contributed by atoms with Crippen molar-refractivity contribution in [1.29, 1.82) is 5.26 Å². The largest absolute Gasteiger partial charge is 0.374 e. The van der Waals surface area contributed by atoms with Gasteiger partial charge >= 0.3 is 0 Å². The Kier molecular flexibility index (Phi) is 4.80. The third kappa shape index (κ3) is 3.64. The summed E-state index contributed by atoms with van der Waals surface area (Å²) in [5.74, 6) is -0.143. The SMILES string of the molecule is Cc1cccc(N[C@@H](C)C(=O)Nc2cccc(C#N)c2)c1C. The van der Waals surface area contributed by atoms with Gasteiger partial charge in [0.15, 0.2) is 0 Å². The third-order valence-corrected chi connectivity index (χ3v) is 3.63. The van der Waals surface area contributed by atoms with Gasteiger partial charge in [0.05, 0.1) is 11.6 Å². The molecule has 0 aliphatic carbocycles. The highest BCUT2D eigenvalue weighted by Crippen LogP contribution is 2.19. The van der Waals surface area contributed by atoms with Crippen LogP contribution in [-0.2, 0) is 4.79 Å². The molecule has 0 heterocycles. The van der Waals surface area contributed by atoms with Gasteiger partial charge in [0, 0.05) is 11.4 Å². The van der Waals surface area contributed by atoms with Crippen molar-refractivity contribution in [2.24, 2.45) is 0 Å². The van der Waals surface area contributed by atoms with Crippen LogP contribution in [0.5, 0.6) is 0 Å². The Morgan fingerprint density at radius 3 is 2.64 bits per heavy atom. The van der Waals surface area contributed by atoms with Crippen LogP contribution in [-0.4, -0.2) is 11.9 Å². The number of carbonyl (C=O) groups excluding carboxylic acids is 1. The minimum Gasteiger partial charge on any atom is -0.374 e. The second-order valence-electron chi connectivity index (χ2n) is 5.30. The first-order valence-corrected chi connectivity index (χ1v) is 7.15. The summed E-state index contributed by atoms with van der Waals surface area (Å²) in [6.45, 7) is 5.88. The van der Waals surface area contributed by atoms with Crippen LogP contribution in [0.4, 0.5) is 11.4 Å². The van der Waals surface area contributed by atoms with Gasteiger partial charge in [0.25, 0.3) is 0 Å². The van der Waals surface area contributed by atoms with Crippen molar-refractivity contribution < 1.29 is 4.79 Å². The lowest BCUT2D eigenvalue weighted by Crippen LogP contribution is -2.32. The lowest BCUT2D eigenvalue weighted by molar-refractivity contribution is -0.116. The molecule has 1 amide bonds. The van der Waals surface area contributed by atoms with Crippen LogP contribution in [0.25, 0.3) is 0 Å². The van der Waals surface area contributed by atoms with E-state index in [1.54, 1.807) is 24.3 Å². The molecular weight excluding hydrogens is 274 g/mol. The van der Waals surface area contributed by atoms with Gasteiger partial charge in [-0.25, -0.2) is 0 Å². The summed E-state index contributed by atoms with van der Waals surface area (Å²) in [5, 5.41) is 14.9. The zero-order chi connectivity index (χ0) is 16.1. The summed E-state index contributed by atoms with van der Waals surface area (Å²) in [5.41, 5.74) is 4.41. The lowest BCUT2D eigenvalue weighted by atomic mass is 10.1. The standard InChI is InChI=1S/C18H19N3O/c1-12-6-4-9-17(13(12)2)20-14(3)18(22)21-16-8-5-7-15(10-16)11-19/h4-10,14,20H,1-3H3,(H,21,22)/t14-/m0/s1. The molecule has 2 rings (SSSR count). The first-order valence-electron chi connectivity index (χ1n) is 7.15. The molecule has 0 saturated carbocycles. The molecule has 0 radical (unpaired) electrons. The van der Waals surface area contributed by atoms with Gasteiger partial charge in [0.1, 0.15) is 6.04 Å². The van der Waals surface area contributed by atoms with Crippen molar-refractivity contribution in [3.05, 3.63) is 59.2 Å². The molecule has 4 heteroatoms. The van der Waals surface area contributed by atoms with Gasteiger partial charge < -0.3 is 10.6 Å². The summed E-state index contributed by atoms with van der Waals surface area (Å²) >= 11 is 0. The van der Waals surface area contributed by atoms with Gasteiger partial charge in [-0.3, -0.25) is 4.79 Å². The van der Waals surface area contributed by atoms with E-state index in [1.807, 2.05) is 39.0 Å². The fraction of sp³-hybridized carbons (Fsp3) is 0.222. The number of rotatable bonds is 4. The lowest BCUT2D eigenvalue weighted by Gasteiger charge is -2.18. The number of carbonyl (C=O) groups is 1. The maximum absolute atomic E-state index is 12.3. The van der Waals surface area contributed by atoms with Gasteiger partial charge in [-0.1, -0.05) is 18.2 Å². The molecule has 1 atom stereocenters. The number of nitrogens with zero attached hydrogens (tertiary/aromatic N) is 1. The van der Waals surface area contributed by atoms with E-state index in [9.17, 15) is 4.79 Å². The predicted molar refractivity (Wildman–Crippen MR) is 88.8 cm³/mol. The van der Waals surface area contributed by atoms with Crippen molar-refractivity contribution in [1.82, 2.24) is 0 Å². The molecule has 0 aliphatic heterocycles. The Hall–Kier alpha value is -2.80. The first-order chi connectivity index (χ1) is 10.5. The number of nitriles is 1. The maximum atomic E-state index is 12.3. The third-order valence-electron chi connectivity index (χ3n) is 3.63. The van der Waals surface area contributed by atoms with Crippen molar-refractivity contribution in [2.75, 3.05) is 10.6 Å². The van der Waals surface area contributed by atoms with Crippen LogP contribution in [0.1, 0.15) is 23.6 Å². The number of nitrogens with one attached hydrogen (secondary N) is 2. The Morgan fingerprint density at radius 2 is 1.91 bits per heavy atom. The van der Waals surface area contributed by atoms with Gasteiger partial charge in [-0.15, -0.1) is 0 Å². The summed E-state index contributed by atoms with van der Waals surface area (Å²) in [6, 6.07) is 14.5. The fourth-order valence-electron chi connectivity index (χ4n) is 2.12. The van der Waals surface area contributed by atoms with Gasteiger partial charge in [0.2, 0.25) is 5.91 Å². The van der Waals surface area contributed by atoms with Crippen molar-refractivity contribution in [3.63, 3.8) is 0 Å². The number of benzene rings is 2. The summed E-state index contributed by atoms with van der Waals surface area (Å²) < 4.78 is 0. The predicted octanol–water partition coefficient (Wildman–Crippen LogP) is 3.61. The fourth-order valence-corrected chi connectivity index (χ4v) is 2.12. The highest BCUT2D eigenvalue weighted by molar-refractivity contribution is 5.96. The Bertz CT molecular complexity index is 731. The monoisotopic (exact) mass is 293 g/mol. The molecule has 0 unspecified atom stereocenters. The minimum atomic E-state index is -0.383. The van der Waals surface area contributed by atoms with Crippen molar-refractivity contribution in [2.45, 2.75) is 26.8 Å². The van der Waals surface area contributed by atoms with E-state index in [0.717, 1.165) is 11.3 Å². The molecule has 0 bridgehead atoms. The van der Waals surface area contributed by atoms with Crippen LogP contribution in [0.15, 0.2) is 42.5 Å². The highest BCUT2D eigenvalue weighted by atomic mass is 16.2. The van der Waals surface area contributed by atoms with Crippen LogP contribution in [0.2, 0.25) is 0 Å². The molecule has 0 saturated heterocycles. The maximum Gasteiger partial charge on any atom is 0.246 e. The zero-order valence-corrected chi connectivity index (χ0v) is 13.0. The molecule has 2 N–H and O–H groups in total. The number of hydrogen-bond acceptors (Lipinski definition) is 3. The topological polar surface area (TPSA) is 64.9 Å². The molecule has 0 aromatic heterocycles. The molecular formula is C18H19N3O. The first kappa shape index (κ1) is 15.6. The number of amides is 1. The highest BCUT2D eigenvalue weighted by Gasteiger charge is 2.14. The van der Waals surface area contributed by atoms with Crippen molar-refractivity contribution >= 4 is 17.3 Å². The molecule has 0 fully saturated rings. The summed E-state index contributed by atoms with van der Waals surface area (Å²) in [7, 11) is 0. The zero-order valence-electron chi connectivity index (χ0n) is 13.0. The molecule has 22 heavy (non-hydrogen) atoms. The summed E-state index contributed by atoms with van der Waals surface area (Å²) in [6.07, 6.45) is 0. The Labute approximate surface area is 130 Å². The van der Waals surface area contributed by atoms with E-state index in [-0.39, 0.29) is 11.9 Å². The van der Waals surface area contributed by atoms with Gasteiger partial charge in [-0.05, 0) is 56.2 Å². The van der Waals surface area contributed by atoms with E-state index in [2.05, 4.69) is 16.7 Å². The van der Waals surface area contributed by atoms with E-state index in [0.29, 0.717) is 11.3 Å². The number of anilines is 2. The molecule has 0 spiro atoms. The number of aryl methyl sites for hydroxylation is 1. The minimum absolute atomic E-state index is 0.143. The van der Waals surface area contributed by atoms with Gasteiger partial charge in [-0.2, -0.15) is 5.26 Å².